The average molecular weight is 516 g/mol. The van der Waals surface area contributed by atoms with Crippen molar-refractivity contribution in [2.45, 2.75) is 25.6 Å². The first-order valence-electron chi connectivity index (χ1n) is 10.4. The first-order valence-corrected chi connectivity index (χ1v) is 11.5. The molecule has 0 aromatic heterocycles. The predicted molar refractivity (Wildman–Crippen MR) is 131 cm³/mol. The van der Waals surface area contributed by atoms with Crippen LogP contribution in [0.15, 0.2) is 70.1 Å². The van der Waals surface area contributed by atoms with Gasteiger partial charge in [-0.15, -0.1) is 0 Å². The van der Waals surface area contributed by atoms with E-state index in [-0.39, 0.29) is 18.0 Å². The highest BCUT2D eigenvalue weighted by molar-refractivity contribution is 9.10. The summed E-state index contributed by atoms with van der Waals surface area (Å²) in [5.41, 5.74) is 3.69. The molecule has 0 unspecified atom stereocenters. The molecule has 0 bridgehead atoms. The van der Waals surface area contributed by atoms with E-state index in [1.165, 1.54) is 0 Å². The van der Waals surface area contributed by atoms with Crippen molar-refractivity contribution in [2.75, 3.05) is 13.7 Å². The summed E-state index contributed by atoms with van der Waals surface area (Å²) in [7, 11) is 1.64. The fraction of sp³-hybridized carbons (Fsp3) is 0.240. The Bertz CT molecular complexity index is 1130. The van der Waals surface area contributed by atoms with Gasteiger partial charge in [0.25, 0.3) is 0 Å². The van der Waals surface area contributed by atoms with Crippen LogP contribution in [0.25, 0.3) is 0 Å². The molecule has 0 aliphatic carbocycles. The van der Waals surface area contributed by atoms with Crippen LogP contribution >= 0.6 is 27.5 Å². The monoisotopic (exact) mass is 514 g/mol. The van der Waals surface area contributed by atoms with Crippen LogP contribution in [-0.4, -0.2) is 24.5 Å². The molecule has 4 rings (SSSR count). The minimum Gasteiger partial charge on any atom is -0.504 e. The maximum atomic E-state index is 10.9. The molecule has 2 N–H and O–H groups in total. The van der Waals surface area contributed by atoms with Crippen LogP contribution in [0, 0.1) is 0 Å². The third kappa shape index (κ3) is 4.77. The summed E-state index contributed by atoms with van der Waals surface area (Å²) in [5, 5.41) is 15.1. The molecule has 1 heterocycles. The third-order valence-electron chi connectivity index (χ3n) is 5.42. The number of phenols is 1. The third-order valence-corrected chi connectivity index (χ3v) is 6.29. The molecular formula is C25H24BrClN2O3. The second-order valence-electron chi connectivity index (χ2n) is 7.43. The number of hydrogen-bond acceptors (Lipinski definition) is 5. The Labute approximate surface area is 201 Å². The summed E-state index contributed by atoms with van der Waals surface area (Å²) in [6.07, 6.45) is 0.301. The van der Waals surface area contributed by atoms with Gasteiger partial charge in [-0.05, 0) is 64.3 Å². The molecule has 0 fully saturated rings. The molecule has 2 atom stereocenters. The molecule has 1 aliphatic heterocycles. The van der Waals surface area contributed by atoms with Crippen molar-refractivity contribution in [2.24, 2.45) is 4.99 Å². The average Bonchev–Trinajstić information content (AvgIpc) is 2.80. The number of para-hydroxylation sites is 1. The molecule has 1 aliphatic rings. The lowest BCUT2D eigenvalue weighted by atomic mass is 9.93. The van der Waals surface area contributed by atoms with E-state index in [0.717, 1.165) is 32.6 Å². The lowest BCUT2D eigenvalue weighted by Gasteiger charge is -2.31. The van der Waals surface area contributed by atoms with E-state index in [4.69, 9.17) is 26.1 Å². The first kappa shape index (κ1) is 22.6. The van der Waals surface area contributed by atoms with Crippen molar-refractivity contribution in [3.8, 4) is 17.2 Å². The number of nitrogens with one attached hydrogen (secondary N) is 1. The van der Waals surface area contributed by atoms with Gasteiger partial charge >= 0.3 is 0 Å². The number of rotatable bonds is 6. The molecule has 0 saturated carbocycles. The van der Waals surface area contributed by atoms with Gasteiger partial charge in [-0.2, -0.15) is 0 Å². The van der Waals surface area contributed by atoms with Crippen molar-refractivity contribution in [3.63, 3.8) is 0 Å². The lowest BCUT2D eigenvalue weighted by molar-refractivity contribution is 0.313. The van der Waals surface area contributed by atoms with Crippen LogP contribution < -0.4 is 14.8 Å². The van der Waals surface area contributed by atoms with E-state index >= 15 is 0 Å². The van der Waals surface area contributed by atoms with Gasteiger partial charge in [0, 0.05) is 28.8 Å². The molecule has 0 spiro atoms. The van der Waals surface area contributed by atoms with Gasteiger partial charge in [0.15, 0.2) is 11.5 Å². The standard InChI is InChI=1S/C25H24BrClN2O3/c1-3-32-23-6-4-5-18(24(23)30)21-14-20(15-7-10-17(27)11-8-15)28-25(29-21)16-9-12-22(31-2)19(26)13-16/h4-13,21,25,29-30H,3,14H2,1-2H3/t21-,25+/m0/s1. The van der Waals surface area contributed by atoms with Gasteiger partial charge in [0.05, 0.1) is 18.2 Å². The largest absolute Gasteiger partial charge is 0.504 e. The Morgan fingerprint density at radius 2 is 1.91 bits per heavy atom. The van der Waals surface area contributed by atoms with E-state index in [2.05, 4.69) is 21.2 Å². The van der Waals surface area contributed by atoms with Gasteiger partial charge in [-0.3, -0.25) is 10.3 Å². The van der Waals surface area contributed by atoms with Crippen molar-refractivity contribution in [1.29, 1.82) is 0 Å². The van der Waals surface area contributed by atoms with Gasteiger partial charge in [-0.25, -0.2) is 0 Å². The van der Waals surface area contributed by atoms with Gasteiger partial charge in [0.2, 0.25) is 0 Å². The van der Waals surface area contributed by atoms with Crippen molar-refractivity contribution >= 4 is 33.2 Å². The van der Waals surface area contributed by atoms with Gasteiger partial charge in [-0.1, -0.05) is 41.9 Å². The van der Waals surface area contributed by atoms with Gasteiger partial charge in [0.1, 0.15) is 11.9 Å². The maximum absolute atomic E-state index is 10.9. The second kappa shape index (κ2) is 9.94. The number of ether oxygens (including phenoxy) is 2. The van der Waals surface area contributed by atoms with Crippen LogP contribution in [0.3, 0.4) is 0 Å². The fourth-order valence-electron chi connectivity index (χ4n) is 3.84. The van der Waals surface area contributed by atoms with Crippen molar-refractivity contribution < 1.29 is 14.6 Å². The Morgan fingerprint density at radius 1 is 1.12 bits per heavy atom. The van der Waals surface area contributed by atoms with Crippen LogP contribution in [0.4, 0.5) is 0 Å². The predicted octanol–water partition coefficient (Wildman–Crippen LogP) is 6.44. The Balaban J connectivity index is 1.76. The van der Waals surface area contributed by atoms with Crippen LogP contribution in [0.1, 0.15) is 42.2 Å². The molecule has 7 heteroatoms. The summed E-state index contributed by atoms with van der Waals surface area (Å²) in [5.74, 6) is 1.38. The minimum absolute atomic E-state index is 0.152. The highest BCUT2D eigenvalue weighted by Crippen LogP contribution is 2.39. The smallest absolute Gasteiger partial charge is 0.162 e. The van der Waals surface area contributed by atoms with Crippen molar-refractivity contribution in [3.05, 3.63) is 86.8 Å². The zero-order valence-electron chi connectivity index (χ0n) is 17.8. The number of halogens is 2. The molecule has 5 nitrogen and oxygen atoms in total. The molecule has 3 aromatic rings. The summed E-state index contributed by atoms with van der Waals surface area (Å²) in [4.78, 5) is 5.00. The number of hydrogen-bond donors (Lipinski definition) is 2. The molecule has 32 heavy (non-hydrogen) atoms. The number of nitrogens with zero attached hydrogens (tertiary/aromatic N) is 1. The number of methoxy groups -OCH3 is 1. The zero-order chi connectivity index (χ0) is 22.7. The van der Waals surface area contributed by atoms with E-state index in [1.807, 2.05) is 61.5 Å². The highest BCUT2D eigenvalue weighted by atomic mass is 79.9. The fourth-order valence-corrected chi connectivity index (χ4v) is 4.52. The number of aromatic hydroxyl groups is 1. The Morgan fingerprint density at radius 3 is 2.59 bits per heavy atom. The summed E-state index contributed by atoms with van der Waals surface area (Å²) < 4.78 is 11.8. The molecular weight excluding hydrogens is 492 g/mol. The van der Waals surface area contributed by atoms with Crippen LogP contribution in [0.5, 0.6) is 17.2 Å². The number of benzene rings is 3. The first-order chi connectivity index (χ1) is 15.5. The molecule has 166 valence electrons. The maximum Gasteiger partial charge on any atom is 0.162 e. The molecule has 0 radical (unpaired) electrons. The zero-order valence-corrected chi connectivity index (χ0v) is 20.2. The highest BCUT2D eigenvalue weighted by Gasteiger charge is 2.29. The topological polar surface area (TPSA) is 63.1 Å². The number of aliphatic imine (C=N–C) groups is 1. The van der Waals surface area contributed by atoms with Crippen molar-refractivity contribution in [1.82, 2.24) is 5.32 Å². The lowest BCUT2D eigenvalue weighted by Crippen LogP contribution is -2.33. The SMILES string of the molecule is CCOc1cccc([C@@H]2CC(c3ccc(Cl)cc3)=N[C@@H](c3ccc(OC)c(Br)c3)N2)c1O. The summed E-state index contributed by atoms with van der Waals surface area (Å²) in [6.45, 7) is 2.38. The molecule has 3 aromatic carbocycles. The Hall–Kier alpha value is -2.54. The molecule has 0 saturated heterocycles. The minimum atomic E-state index is -0.309. The second-order valence-corrected chi connectivity index (χ2v) is 8.72. The van der Waals surface area contributed by atoms with E-state index in [0.29, 0.717) is 23.8 Å². The normalized spacial score (nSPS) is 18.2. The van der Waals surface area contributed by atoms with Gasteiger partial charge < -0.3 is 14.6 Å². The van der Waals surface area contributed by atoms with E-state index < -0.39 is 0 Å². The quantitative estimate of drug-likeness (QED) is 0.397. The number of phenolic OH excluding ortho intramolecular Hbond substituents is 1. The summed E-state index contributed by atoms with van der Waals surface area (Å²) >= 11 is 9.67. The Kier molecular flexibility index (Phi) is 7.04. The summed E-state index contributed by atoms with van der Waals surface area (Å²) in [6, 6.07) is 19.0. The molecule has 0 amide bonds. The van der Waals surface area contributed by atoms with E-state index in [9.17, 15) is 5.11 Å². The van der Waals surface area contributed by atoms with E-state index in [1.54, 1.807) is 13.2 Å². The van der Waals surface area contributed by atoms with Crippen LogP contribution in [-0.2, 0) is 0 Å². The van der Waals surface area contributed by atoms with Crippen LogP contribution in [0.2, 0.25) is 5.02 Å².